The Bertz CT molecular complexity index is 490. The molecule has 1 aliphatic rings. The van der Waals surface area contributed by atoms with E-state index < -0.39 is 16.2 Å². The predicted octanol–water partition coefficient (Wildman–Crippen LogP) is 1.91. The summed E-state index contributed by atoms with van der Waals surface area (Å²) in [5, 5.41) is 11.3. The maximum atomic E-state index is 11.6. The molecule has 1 aliphatic carbocycles. The second-order valence-corrected chi connectivity index (χ2v) is 5.32. The second kappa shape index (κ2) is 4.16. The number of carboxylic acid groups (broad SMARTS) is 1. The standard InChI is InChI=1S/C10H8Cl2N2O3/c11-10(12)2-7(10)8(15)14-6-1-5(9(16)17)3-13-4-6/h1,3-4,7H,2H2,(H,14,15)(H,16,17). The van der Waals surface area contributed by atoms with Crippen LogP contribution in [0.15, 0.2) is 18.5 Å². The van der Waals surface area contributed by atoms with Crippen LogP contribution in [-0.4, -0.2) is 26.3 Å². The van der Waals surface area contributed by atoms with Crippen LogP contribution < -0.4 is 5.32 Å². The monoisotopic (exact) mass is 274 g/mol. The average molecular weight is 275 g/mol. The van der Waals surface area contributed by atoms with Crippen molar-refractivity contribution in [1.29, 1.82) is 0 Å². The van der Waals surface area contributed by atoms with Gasteiger partial charge in [-0.15, -0.1) is 23.2 Å². The number of halogens is 2. The fourth-order valence-electron chi connectivity index (χ4n) is 1.35. The Kier molecular flexibility index (Phi) is 2.97. The summed E-state index contributed by atoms with van der Waals surface area (Å²) in [4.78, 5) is 26.0. The zero-order valence-corrected chi connectivity index (χ0v) is 10.00. The lowest BCUT2D eigenvalue weighted by molar-refractivity contribution is -0.117. The van der Waals surface area contributed by atoms with Crippen LogP contribution in [0.3, 0.4) is 0 Å². The highest BCUT2D eigenvalue weighted by Crippen LogP contribution is 2.53. The number of alkyl halides is 2. The summed E-state index contributed by atoms with van der Waals surface area (Å²) in [6, 6.07) is 1.32. The Morgan fingerprint density at radius 2 is 2.12 bits per heavy atom. The zero-order valence-electron chi connectivity index (χ0n) is 8.48. The van der Waals surface area contributed by atoms with Gasteiger partial charge < -0.3 is 10.4 Å². The molecule has 17 heavy (non-hydrogen) atoms. The molecular weight excluding hydrogens is 267 g/mol. The van der Waals surface area contributed by atoms with Gasteiger partial charge in [0.25, 0.3) is 0 Å². The lowest BCUT2D eigenvalue weighted by Crippen LogP contribution is -2.17. The third-order valence-electron chi connectivity index (χ3n) is 2.40. The van der Waals surface area contributed by atoms with Crippen LogP contribution in [-0.2, 0) is 4.79 Å². The van der Waals surface area contributed by atoms with Crippen molar-refractivity contribution in [2.45, 2.75) is 10.8 Å². The van der Waals surface area contributed by atoms with Gasteiger partial charge in [-0.25, -0.2) is 4.79 Å². The molecule has 1 fully saturated rings. The summed E-state index contributed by atoms with van der Waals surface area (Å²) in [5.41, 5.74) is 0.313. The number of nitrogens with zero attached hydrogens (tertiary/aromatic N) is 1. The zero-order chi connectivity index (χ0) is 12.6. The Hall–Kier alpha value is -1.33. The molecule has 90 valence electrons. The highest BCUT2D eigenvalue weighted by Gasteiger charge is 2.56. The van der Waals surface area contributed by atoms with Crippen molar-refractivity contribution < 1.29 is 14.7 Å². The number of carbonyl (C=O) groups is 2. The summed E-state index contributed by atoms with van der Waals surface area (Å²) < 4.78 is -0.998. The lowest BCUT2D eigenvalue weighted by atomic mass is 10.2. The number of aromatic nitrogens is 1. The van der Waals surface area contributed by atoms with Gasteiger partial charge in [0, 0.05) is 6.20 Å². The van der Waals surface area contributed by atoms with Crippen molar-refractivity contribution in [2.24, 2.45) is 5.92 Å². The molecule has 0 radical (unpaired) electrons. The Labute approximate surface area is 107 Å². The van der Waals surface area contributed by atoms with E-state index in [1.807, 2.05) is 0 Å². The van der Waals surface area contributed by atoms with Crippen molar-refractivity contribution in [1.82, 2.24) is 4.98 Å². The van der Waals surface area contributed by atoms with E-state index in [1.165, 1.54) is 18.5 Å². The third kappa shape index (κ3) is 2.68. The van der Waals surface area contributed by atoms with E-state index in [9.17, 15) is 9.59 Å². The first-order chi connectivity index (χ1) is 7.90. The van der Waals surface area contributed by atoms with Crippen molar-refractivity contribution in [3.8, 4) is 0 Å². The number of amides is 1. The van der Waals surface area contributed by atoms with Crippen LogP contribution in [0, 0.1) is 5.92 Å². The number of pyridine rings is 1. The number of hydrogen-bond acceptors (Lipinski definition) is 3. The van der Waals surface area contributed by atoms with Crippen LogP contribution in [0.4, 0.5) is 5.69 Å². The minimum atomic E-state index is -1.11. The van der Waals surface area contributed by atoms with Crippen molar-refractivity contribution in [2.75, 3.05) is 5.32 Å². The maximum Gasteiger partial charge on any atom is 0.337 e. The van der Waals surface area contributed by atoms with Crippen LogP contribution in [0.2, 0.25) is 0 Å². The summed E-state index contributed by atoms with van der Waals surface area (Å²) in [6.07, 6.45) is 2.95. The van der Waals surface area contributed by atoms with Gasteiger partial charge in [-0.1, -0.05) is 0 Å². The molecule has 1 heterocycles. The van der Waals surface area contributed by atoms with Crippen LogP contribution in [0.5, 0.6) is 0 Å². The van der Waals surface area contributed by atoms with E-state index in [1.54, 1.807) is 0 Å². The molecule has 0 bridgehead atoms. The summed E-state index contributed by atoms with van der Waals surface area (Å²) in [5.74, 6) is -1.90. The smallest absolute Gasteiger partial charge is 0.337 e. The second-order valence-electron chi connectivity index (χ2n) is 3.77. The van der Waals surface area contributed by atoms with E-state index in [0.29, 0.717) is 12.1 Å². The summed E-state index contributed by atoms with van der Waals surface area (Å²) >= 11 is 11.5. The molecule has 7 heteroatoms. The molecule has 2 rings (SSSR count). The quantitative estimate of drug-likeness (QED) is 0.826. The molecule has 0 saturated heterocycles. The molecule has 1 atom stereocenters. The fourth-order valence-corrected chi connectivity index (χ4v) is 1.86. The molecule has 1 saturated carbocycles. The molecule has 2 N–H and O–H groups in total. The first-order valence-electron chi connectivity index (χ1n) is 4.77. The molecule has 1 amide bonds. The number of carbonyl (C=O) groups excluding carboxylic acids is 1. The van der Waals surface area contributed by atoms with Gasteiger partial charge in [-0.3, -0.25) is 9.78 Å². The lowest BCUT2D eigenvalue weighted by Gasteiger charge is -2.05. The van der Waals surface area contributed by atoms with Crippen molar-refractivity contribution in [3.63, 3.8) is 0 Å². The van der Waals surface area contributed by atoms with E-state index >= 15 is 0 Å². The Balaban J connectivity index is 2.07. The number of anilines is 1. The highest BCUT2D eigenvalue weighted by molar-refractivity contribution is 6.52. The van der Waals surface area contributed by atoms with Gasteiger partial charge in [0.05, 0.1) is 23.4 Å². The van der Waals surface area contributed by atoms with E-state index in [2.05, 4.69) is 10.3 Å². The normalized spacial score (nSPS) is 20.7. The van der Waals surface area contributed by atoms with Crippen LogP contribution in [0.25, 0.3) is 0 Å². The first-order valence-corrected chi connectivity index (χ1v) is 5.53. The number of aromatic carboxylic acids is 1. The number of hydrogen-bond donors (Lipinski definition) is 2. The van der Waals surface area contributed by atoms with Gasteiger partial charge in [-0.2, -0.15) is 0 Å². The van der Waals surface area contributed by atoms with Gasteiger partial charge in [0.2, 0.25) is 5.91 Å². The molecule has 1 aromatic heterocycles. The molecule has 0 aromatic carbocycles. The minimum absolute atomic E-state index is 0.00149. The van der Waals surface area contributed by atoms with Crippen LogP contribution in [0.1, 0.15) is 16.8 Å². The van der Waals surface area contributed by atoms with Crippen molar-refractivity contribution in [3.05, 3.63) is 24.0 Å². The van der Waals surface area contributed by atoms with Crippen molar-refractivity contribution >= 4 is 40.8 Å². The maximum absolute atomic E-state index is 11.6. The number of nitrogens with one attached hydrogen (secondary N) is 1. The minimum Gasteiger partial charge on any atom is -0.478 e. The Morgan fingerprint density at radius 3 is 2.65 bits per heavy atom. The average Bonchev–Trinajstić information content (AvgIpc) is 2.88. The predicted molar refractivity (Wildman–Crippen MR) is 62.4 cm³/mol. The number of carboxylic acids is 1. The largest absolute Gasteiger partial charge is 0.478 e. The van der Waals surface area contributed by atoms with Crippen LogP contribution >= 0.6 is 23.2 Å². The topological polar surface area (TPSA) is 79.3 Å². The van der Waals surface area contributed by atoms with Gasteiger partial charge in [0.15, 0.2) is 0 Å². The van der Waals surface area contributed by atoms with Gasteiger partial charge in [-0.05, 0) is 12.5 Å². The summed E-state index contributed by atoms with van der Waals surface area (Å²) in [6.45, 7) is 0. The molecule has 1 aromatic rings. The highest BCUT2D eigenvalue weighted by atomic mass is 35.5. The SMILES string of the molecule is O=C(O)c1cncc(NC(=O)C2CC2(Cl)Cl)c1. The third-order valence-corrected chi connectivity index (χ3v) is 3.23. The molecular formula is C10H8Cl2N2O3. The van der Waals surface area contributed by atoms with E-state index in [4.69, 9.17) is 28.3 Å². The van der Waals surface area contributed by atoms with Gasteiger partial charge in [0.1, 0.15) is 4.33 Å². The fraction of sp³-hybridized carbons (Fsp3) is 0.300. The molecule has 5 nitrogen and oxygen atoms in total. The molecule has 0 aliphatic heterocycles. The molecule has 1 unspecified atom stereocenters. The van der Waals surface area contributed by atoms with Gasteiger partial charge >= 0.3 is 5.97 Å². The van der Waals surface area contributed by atoms with E-state index in [0.717, 1.165) is 0 Å². The van der Waals surface area contributed by atoms with E-state index in [-0.39, 0.29) is 11.5 Å². The Morgan fingerprint density at radius 1 is 1.47 bits per heavy atom. The summed E-state index contributed by atoms with van der Waals surface area (Å²) in [7, 11) is 0. The molecule has 0 spiro atoms. The first kappa shape index (κ1) is 12.1. The number of rotatable bonds is 3.